The fourth-order valence-corrected chi connectivity index (χ4v) is 3.84. The summed E-state index contributed by atoms with van der Waals surface area (Å²) in [5.74, 6) is 1.37. The Morgan fingerprint density at radius 1 is 0.655 bits per heavy atom. The second-order valence-electron chi connectivity index (χ2n) is 6.12. The van der Waals surface area contributed by atoms with Gasteiger partial charge in [-0.05, 0) is 55.7 Å². The maximum atomic E-state index is 13.5. The fourth-order valence-electron chi connectivity index (χ4n) is 2.39. The highest BCUT2D eigenvalue weighted by Gasteiger charge is 2.34. The second kappa shape index (κ2) is 10.3. The molecule has 3 aromatic carbocycles. The zero-order valence-corrected chi connectivity index (χ0v) is 17.3. The molecule has 3 rings (SSSR count). The van der Waals surface area contributed by atoms with Gasteiger partial charge in [-0.15, -0.1) is 0 Å². The molecule has 0 spiro atoms. The molecule has 0 heterocycles. The van der Waals surface area contributed by atoms with Crippen LogP contribution in [0.3, 0.4) is 0 Å². The SMILES string of the molecule is Cc1ccccc1OP(=O)(Oc1ccccc1C)Oc1ccccc1C.O=CO. The summed E-state index contributed by atoms with van der Waals surface area (Å²) in [5, 5.41) is 6.89. The first-order valence-corrected chi connectivity index (χ1v) is 10.3. The van der Waals surface area contributed by atoms with E-state index < -0.39 is 7.82 Å². The van der Waals surface area contributed by atoms with E-state index >= 15 is 0 Å². The number of hydrogen-bond acceptors (Lipinski definition) is 5. The zero-order chi connectivity index (χ0) is 21.3. The first-order chi connectivity index (χ1) is 13.9. The van der Waals surface area contributed by atoms with Gasteiger partial charge in [-0.2, -0.15) is 4.57 Å². The van der Waals surface area contributed by atoms with E-state index in [1.165, 1.54) is 0 Å². The number of phosphoric ester groups is 1. The lowest BCUT2D eigenvalue weighted by Gasteiger charge is -2.21. The van der Waals surface area contributed by atoms with Crippen molar-refractivity contribution in [2.24, 2.45) is 0 Å². The van der Waals surface area contributed by atoms with Crippen LogP contribution in [0, 0.1) is 20.8 Å². The van der Waals surface area contributed by atoms with Crippen molar-refractivity contribution in [3.8, 4) is 17.2 Å². The molecule has 3 aromatic rings. The van der Waals surface area contributed by atoms with Crippen LogP contribution in [0.2, 0.25) is 0 Å². The van der Waals surface area contributed by atoms with Gasteiger partial charge in [-0.3, -0.25) is 4.79 Å². The summed E-state index contributed by atoms with van der Waals surface area (Å²) < 4.78 is 30.8. The molecular formula is C22H23O6P. The third-order valence-corrected chi connectivity index (χ3v) is 5.17. The molecule has 0 aliphatic rings. The monoisotopic (exact) mass is 414 g/mol. The number of carbonyl (C=O) groups is 1. The molecule has 0 aromatic heterocycles. The van der Waals surface area contributed by atoms with Crippen molar-refractivity contribution in [2.75, 3.05) is 0 Å². The first kappa shape index (κ1) is 22.1. The highest BCUT2D eigenvalue weighted by molar-refractivity contribution is 7.49. The van der Waals surface area contributed by atoms with E-state index in [1.54, 1.807) is 18.2 Å². The number of hydrogen-bond donors (Lipinski definition) is 1. The lowest BCUT2D eigenvalue weighted by molar-refractivity contribution is -0.122. The number of para-hydroxylation sites is 3. The Balaban J connectivity index is 0.000000941. The van der Waals surface area contributed by atoms with E-state index in [2.05, 4.69) is 0 Å². The number of benzene rings is 3. The van der Waals surface area contributed by atoms with Gasteiger partial charge >= 0.3 is 7.82 Å². The fraction of sp³-hybridized carbons (Fsp3) is 0.136. The van der Waals surface area contributed by atoms with Crippen molar-refractivity contribution in [3.05, 3.63) is 89.5 Å². The molecular weight excluding hydrogens is 391 g/mol. The quantitative estimate of drug-likeness (QED) is 0.396. The molecule has 0 bridgehead atoms. The number of rotatable bonds is 6. The molecule has 0 radical (unpaired) electrons. The van der Waals surface area contributed by atoms with Crippen molar-refractivity contribution in [1.82, 2.24) is 0 Å². The molecule has 0 saturated heterocycles. The van der Waals surface area contributed by atoms with Crippen molar-refractivity contribution in [3.63, 3.8) is 0 Å². The summed E-state index contributed by atoms with van der Waals surface area (Å²) in [6, 6.07) is 22.0. The maximum absolute atomic E-state index is 13.5. The number of carboxylic acid groups (broad SMARTS) is 1. The van der Waals surface area contributed by atoms with Crippen LogP contribution >= 0.6 is 7.82 Å². The van der Waals surface area contributed by atoms with Gasteiger partial charge in [0.25, 0.3) is 6.47 Å². The lowest BCUT2D eigenvalue weighted by atomic mass is 10.2. The minimum absolute atomic E-state index is 0.250. The first-order valence-electron chi connectivity index (χ1n) is 8.82. The van der Waals surface area contributed by atoms with Gasteiger partial charge in [0.2, 0.25) is 0 Å². The van der Waals surface area contributed by atoms with Gasteiger partial charge in [0, 0.05) is 0 Å². The Hall–Kier alpha value is -3.24. The van der Waals surface area contributed by atoms with Crippen LogP contribution in [-0.4, -0.2) is 11.6 Å². The van der Waals surface area contributed by atoms with Crippen LogP contribution in [0.5, 0.6) is 17.2 Å². The zero-order valence-electron chi connectivity index (χ0n) is 16.4. The summed E-state index contributed by atoms with van der Waals surface area (Å²) in [6.45, 7) is 5.38. The number of phosphoric acid groups is 1. The minimum Gasteiger partial charge on any atom is -0.483 e. The van der Waals surface area contributed by atoms with Gasteiger partial charge in [-0.1, -0.05) is 54.6 Å². The van der Waals surface area contributed by atoms with Crippen LogP contribution in [0.1, 0.15) is 16.7 Å². The third kappa shape index (κ3) is 6.40. The Kier molecular flexibility index (Phi) is 7.87. The average Bonchev–Trinajstić information content (AvgIpc) is 2.68. The molecule has 1 N–H and O–H groups in total. The molecule has 0 aliphatic carbocycles. The summed E-state index contributed by atoms with van der Waals surface area (Å²) in [6.07, 6.45) is 0. The smallest absolute Gasteiger partial charge is 0.483 e. The van der Waals surface area contributed by atoms with Crippen LogP contribution in [0.25, 0.3) is 0 Å². The predicted octanol–water partition coefficient (Wildman–Crippen LogP) is 5.96. The Labute approximate surface area is 170 Å². The molecule has 29 heavy (non-hydrogen) atoms. The molecule has 7 heteroatoms. The van der Waals surface area contributed by atoms with Crippen molar-refractivity contribution >= 4 is 14.3 Å². The minimum atomic E-state index is -3.97. The van der Waals surface area contributed by atoms with E-state index in [0.29, 0.717) is 17.2 Å². The summed E-state index contributed by atoms with van der Waals surface area (Å²) in [4.78, 5) is 8.36. The van der Waals surface area contributed by atoms with E-state index in [0.717, 1.165) is 16.7 Å². The molecule has 0 amide bonds. The maximum Gasteiger partial charge on any atom is 0.647 e. The van der Waals surface area contributed by atoms with E-state index in [-0.39, 0.29) is 6.47 Å². The molecule has 0 unspecified atom stereocenters. The summed E-state index contributed by atoms with van der Waals surface area (Å²) in [5.41, 5.74) is 2.53. The predicted molar refractivity (Wildman–Crippen MR) is 112 cm³/mol. The molecule has 0 aliphatic heterocycles. The van der Waals surface area contributed by atoms with Gasteiger partial charge in [-0.25, -0.2) is 0 Å². The highest BCUT2D eigenvalue weighted by Crippen LogP contribution is 2.51. The summed E-state index contributed by atoms with van der Waals surface area (Å²) in [7, 11) is -3.97. The van der Waals surface area contributed by atoms with Crippen LogP contribution in [-0.2, 0) is 9.36 Å². The van der Waals surface area contributed by atoms with Crippen LogP contribution in [0.15, 0.2) is 72.8 Å². The van der Waals surface area contributed by atoms with E-state index in [9.17, 15) is 4.57 Å². The van der Waals surface area contributed by atoms with Crippen molar-refractivity contribution in [2.45, 2.75) is 20.8 Å². The van der Waals surface area contributed by atoms with Gasteiger partial charge in [0.1, 0.15) is 17.2 Å². The molecule has 6 nitrogen and oxygen atoms in total. The average molecular weight is 414 g/mol. The Morgan fingerprint density at radius 3 is 1.14 bits per heavy atom. The van der Waals surface area contributed by atoms with Crippen molar-refractivity contribution in [1.29, 1.82) is 0 Å². The van der Waals surface area contributed by atoms with Crippen LogP contribution < -0.4 is 13.6 Å². The lowest BCUT2D eigenvalue weighted by Crippen LogP contribution is -2.09. The van der Waals surface area contributed by atoms with Gasteiger partial charge in [0.05, 0.1) is 0 Å². The normalized spacial score (nSPS) is 10.3. The highest BCUT2D eigenvalue weighted by atomic mass is 31.2. The molecule has 0 fully saturated rings. The Bertz CT molecular complexity index is 879. The topological polar surface area (TPSA) is 82.1 Å². The van der Waals surface area contributed by atoms with E-state index in [4.69, 9.17) is 23.5 Å². The standard InChI is InChI=1S/C21H21O4P.CH2O2/c1-16-10-4-7-13-19(16)23-26(22,24-20-14-8-5-11-17(20)2)25-21-15-9-6-12-18(21)3;2-1-3/h4-15H,1-3H3;1H,(H,2,3). The third-order valence-electron chi connectivity index (χ3n) is 3.91. The van der Waals surface area contributed by atoms with Crippen molar-refractivity contribution < 1.29 is 28.0 Å². The van der Waals surface area contributed by atoms with Gasteiger partial charge < -0.3 is 18.7 Å². The largest absolute Gasteiger partial charge is 0.647 e. The Morgan fingerprint density at radius 2 is 0.897 bits per heavy atom. The molecule has 0 atom stereocenters. The van der Waals surface area contributed by atoms with Gasteiger partial charge in [0.15, 0.2) is 0 Å². The summed E-state index contributed by atoms with van der Waals surface area (Å²) >= 11 is 0. The van der Waals surface area contributed by atoms with Crippen LogP contribution in [0.4, 0.5) is 0 Å². The number of aryl methyl sites for hydroxylation is 3. The second-order valence-corrected chi connectivity index (χ2v) is 7.57. The molecule has 0 saturated carbocycles. The van der Waals surface area contributed by atoms with E-state index in [1.807, 2.05) is 75.4 Å². The molecule has 152 valence electrons.